The van der Waals surface area contributed by atoms with Crippen molar-refractivity contribution in [3.63, 3.8) is 0 Å². The third-order valence-electron chi connectivity index (χ3n) is 7.72. The van der Waals surface area contributed by atoms with E-state index in [1.165, 1.54) is 0 Å². The van der Waals surface area contributed by atoms with E-state index in [4.69, 9.17) is 4.98 Å². The second kappa shape index (κ2) is 9.54. The largest absolute Gasteiger partial charge is 0.574 e. The first-order valence-electron chi connectivity index (χ1n) is 12.8. The van der Waals surface area contributed by atoms with Crippen molar-refractivity contribution in [3.8, 4) is 22.8 Å². The van der Waals surface area contributed by atoms with E-state index in [1.807, 2.05) is 23.0 Å². The molecule has 0 radical (unpaired) electrons. The summed E-state index contributed by atoms with van der Waals surface area (Å²) in [6.07, 6.45) is 5.23. The van der Waals surface area contributed by atoms with Crippen molar-refractivity contribution in [2.24, 2.45) is 7.05 Å². The number of hydrogen-bond donors (Lipinski definition) is 0. The van der Waals surface area contributed by atoms with Gasteiger partial charge in [0.15, 0.2) is 15.7 Å². The van der Waals surface area contributed by atoms with Crippen LogP contribution in [0.5, 0.6) is 5.88 Å². The van der Waals surface area contributed by atoms with Crippen LogP contribution in [0.1, 0.15) is 24.8 Å². The molecule has 0 amide bonds. The van der Waals surface area contributed by atoms with Gasteiger partial charge < -0.3 is 4.74 Å². The molecule has 1 aliphatic heterocycles. The van der Waals surface area contributed by atoms with Crippen LogP contribution in [0.15, 0.2) is 43.0 Å². The molecule has 4 aromatic heterocycles. The van der Waals surface area contributed by atoms with Gasteiger partial charge in [-0.05, 0) is 49.4 Å². The number of rotatable bonds is 7. The summed E-state index contributed by atoms with van der Waals surface area (Å²) in [6, 6.07) is 4.46. The summed E-state index contributed by atoms with van der Waals surface area (Å²) in [5.74, 6) is -2.01. The Bertz CT molecular complexity index is 1680. The Balaban J connectivity index is 1.31. The Hall–Kier alpha value is -3.52. The molecule has 14 heteroatoms. The molecular formula is C26H26F4N6O3S. The number of fused-ring (bicyclic) bond motifs is 1. The fraction of sp³-hybridized carbons (Fsp3) is 0.423. The Labute approximate surface area is 227 Å². The molecule has 1 saturated heterocycles. The van der Waals surface area contributed by atoms with Gasteiger partial charge in [0.2, 0.25) is 0 Å². The van der Waals surface area contributed by atoms with Crippen LogP contribution in [0.25, 0.3) is 28.0 Å². The van der Waals surface area contributed by atoms with E-state index < -0.39 is 27.9 Å². The second-order valence-corrected chi connectivity index (χ2v) is 12.7. The SMILES string of the molecule is Cn1cc(-n2cc(CCC3(N4CCS(=O)(=O)CC4)CC3)c3ccc(-c4cnc(OC(F)(F)F)c(F)c4)nc32)cn1. The van der Waals surface area contributed by atoms with Crippen molar-refractivity contribution < 1.29 is 30.7 Å². The van der Waals surface area contributed by atoms with Crippen molar-refractivity contribution in [1.82, 2.24) is 29.2 Å². The molecule has 0 bridgehead atoms. The van der Waals surface area contributed by atoms with E-state index in [1.54, 1.807) is 24.0 Å². The van der Waals surface area contributed by atoms with Crippen molar-refractivity contribution in [3.05, 3.63) is 54.4 Å². The normalized spacial score (nSPS) is 18.7. The summed E-state index contributed by atoms with van der Waals surface area (Å²) in [6.45, 7) is 1.12. The fourth-order valence-electron chi connectivity index (χ4n) is 5.43. The summed E-state index contributed by atoms with van der Waals surface area (Å²) in [5, 5.41) is 5.14. The maximum absolute atomic E-state index is 14.4. The van der Waals surface area contributed by atoms with E-state index >= 15 is 0 Å². The number of nitrogens with zero attached hydrogens (tertiary/aromatic N) is 6. The Morgan fingerprint density at radius 3 is 2.48 bits per heavy atom. The summed E-state index contributed by atoms with van der Waals surface area (Å²) < 4.78 is 83.0. The van der Waals surface area contributed by atoms with Gasteiger partial charge in [0.05, 0.1) is 29.1 Å². The molecule has 6 rings (SSSR count). The number of pyridine rings is 2. The summed E-state index contributed by atoms with van der Waals surface area (Å²) >= 11 is 0. The number of hydrogen-bond acceptors (Lipinski definition) is 7. The molecule has 0 aromatic carbocycles. The van der Waals surface area contributed by atoms with Gasteiger partial charge in [-0.1, -0.05) is 0 Å². The summed E-state index contributed by atoms with van der Waals surface area (Å²) in [7, 11) is -1.16. The highest BCUT2D eigenvalue weighted by Gasteiger charge is 2.48. The quantitative estimate of drug-likeness (QED) is 0.306. The number of alkyl halides is 3. The highest BCUT2D eigenvalue weighted by atomic mass is 32.2. The van der Waals surface area contributed by atoms with Gasteiger partial charge >= 0.3 is 6.36 Å². The first-order chi connectivity index (χ1) is 18.9. The molecular weight excluding hydrogens is 552 g/mol. The van der Waals surface area contributed by atoms with Crippen molar-refractivity contribution in [2.75, 3.05) is 24.6 Å². The molecule has 2 fully saturated rings. The van der Waals surface area contributed by atoms with Crippen LogP contribution >= 0.6 is 0 Å². The minimum atomic E-state index is -5.06. The fourth-order valence-corrected chi connectivity index (χ4v) is 6.63. The zero-order valence-electron chi connectivity index (χ0n) is 21.5. The highest BCUT2D eigenvalue weighted by Crippen LogP contribution is 2.46. The van der Waals surface area contributed by atoms with Crippen LogP contribution in [0.2, 0.25) is 0 Å². The number of sulfone groups is 1. The lowest BCUT2D eigenvalue weighted by atomic mass is 10.0. The van der Waals surface area contributed by atoms with Crippen LogP contribution in [-0.4, -0.2) is 74.1 Å². The predicted molar refractivity (Wildman–Crippen MR) is 138 cm³/mol. The zero-order valence-corrected chi connectivity index (χ0v) is 22.3. The minimum Gasteiger partial charge on any atom is -0.385 e. The highest BCUT2D eigenvalue weighted by molar-refractivity contribution is 7.91. The van der Waals surface area contributed by atoms with Gasteiger partial charge in [-0.2, -0.15) is 5.10 Å². The maximum Gasteiger partial charge on any atom is 0.574 e. The van der Waals surface area contributed by atoms with E-state index in [2.05, 4.69) is 19.7 Å². The smallest absolute Gasteiger partial charge is 0.385 e. The molecule has 40 heavy (non-hydrogen) atoms. The third kappa shape index (κ3) is 5.29. The molecule has 0 spiro atoms. The molecule has 1 aliphatic carbocycles. The third-order valence-corrected chi connectivity index (χ3v) is 9.33. The molecule has 2 aliphatic rings. The Morgan fingerprint density at radius 1 is 1.10 bits per heavy atom. The molecule has 212 valence electrons. The molecule has 1 saturated carbocycles. The Kier molecular flexibility index (Phi) is 6.37. The van der Waals surface area contributed by atoms with Gasteiger partial charge in [0, 0.05) is 55.2 Å². The Morgan fingerprint density at radius 2 is 1.85 bits per heavy atom. The van der Waals surface area contributed by atoms with Crippen molar-refractivity contribution in [1.29, 1.82) is 0 Å². The van der Waals surface area contributed by atoms with E-state index in [9.17, 15) is 26.0 Å². The minimum absolute atomic E-state index is 0.00939. The first kappa shape index (κ1) is 26.7. The van der Waals surface area contributed by atoms with Gasteiger partial charge in [-0.15, -0.1) is 13.2 Å². The number of aryl methyl sites for hydroxylation is 2. The average Bonchev–Trinajstić information content (AvgIpc) is 3.41. The topological polar surface area (TPSA) is 95.1 Å². The summed E-state index contributed by atoms with van der Waals surface area (Å²) in [5.41, 5.74) is 2.95. The average molecular weight is 579 g/mol. The van der Waals surface area contributed by atoms with Gasteiger partial charge in [0.1, 0.15) is 5.65 Å². The molecule has 5 heterocycles. The second-order valence-electron chi connectivity index (χ2n) is 10.4. The number of halogens is 4. The van der Waals surface area contributed by atoms with E-state index in [0.717, 1.165) is 54.6 Å². The predicted octanol–water partition coefficient (Wildman–Crippen LogP) is 4.05. The van der Waals surface area contributed by atoms with Gasteiger partial charge in [-0.25, -0.2) is 22.8 Å². The zero-order chi connectivity index (χ0) is 28.3. The van der Waals surface area contributed by atoms with Crippen LogP contribution < -0.4 is 4.74 Å². The van der Waals surface area contributed by atoms with Gasteiger partial charge in [-0.3, -0.25) is 14.1 Å². The van der Waals surface area contributed by atoms with Crippen molar-refractivity contribution in [2.45, 2.75) is 37.6 Å². The molecule has 0 atom stereocenters. The van der Waals surface area contributed by atoms with Crippen molar-refractivity contribution >= 4 is 20.9 Å². The van der Waals surface area contributed by atoms with E-state index in [-0.39, 0.29) is 22.6 Å². The van der Waals surface area contributed by atoms with Gasteiger partial charge in [0.25, 0.3) is 5.88 Å². The standard InChI is InChI=1S/C26H26F4N6O3S/c1-34-16-19(14-32-34)36-15-17(4-5-25(6-7-25)35-8-10-40(37,38)11-9-35)20-2-3-22(33-23(20)36)18-12-21(27)24(31-13-18)39-26(28,29)30/h2-3,12-16H,4-11H2,1H3. The lowest BCUT2D eigenvalue weighted by Crippen LogP contribution is -2.47. The molecule has 9 nitrogen and oxygen atoms in total. The lowest BCUT2D eigenvalue weighted by Gasteiger charge is -2.34. The van der Waals surface area contributed by atoms with Crippen LogP contribution in [0, 0.1) is 5.82 Å². The maximum atomic E-state index is 14.4. The van der Waals surface area contributed by atoms with Crippen LogP contribution in [0.3, 0.4) is 0 Å². The molecule has 4 aromatic rings. The monoisotopic (exact) mass is 578 g/mol. The lowest BCUT2D eigenvalue weighted by molar-refractivity contribution is -0.277. The first-order valence-corrected chi connectivity index (χ1v) is 14.6. The molecule has 0 unspecified atom stereocenters. The summed E-state index contributed by atoms with van der Waals surface area (Å²) in [4.78, 5) is 10.6. The van der Waals surface area contributed by atoms with E-state index in [0.29, 0.717) is 24.4 Å². The molecule has 0 N–H and O–H groups in total. The van der Waals surface area contributed by atoms with Crippen LogP contribution in [-0.2, 0) is 23.3 Å². The number of aromatic nitrogens is 5. The van der Waals surface area contributed by atoms with Crippen LogP contribution in [0.4, 0.5) is 17.6 Å². The number of ether oxygens (including phenoxy) is 1.